The van der Waals surface area contributed by atoms with Gasteiger partial charge in [-0.3, -0.25) is 19.1 Å². The molecule has 1 heterocycles. The molecule has 23 heavy (non-hydrogen) atoms. The SMILES string of the molecule is COc1ccc(CN(C)C(=O)Cn2ccc(=O)[nH]c2=O)cc1F. The zero-order chi connectivity index (χ0) is 17.0. The van der Waals surface area contributed by atoms with Crippen molar-refractivity contribution in [2.45, 2.75) is 13.1 Å². The third kappa shape index (κ3) is 4.06. The van der Waals surface area contributed by atoms with Gasteiger partial charge in [0.2, 0.25) is 5.91 Å². The van der Waals surface area contributed by atoms with Gasteiger partial charge in [0.15, 0.2) is 11.6 Å². The molecule has 0 unspecified atom stereocenters. The van der Waals surface area contributed by atoms with E-state index in [4.69, 9.17) is 4.74 Å². The van der Waals surface area contributed by atoms with Crippen molar-refractivity contribution >= 4 is 5.91 Å². The van der Waals surface area contributed by atoms with E-state index >= 15 is 0 Å². The van der Waals surface area contributed by atoms with Crippen molar-refractivity contribution in [3.8, 4) is 5.75 Å². The number of carbonyl (C=O) groups is 1. The maximum absolute atomic E-state index is 13.6. The first-order chi connectivity index (χ1) is 10.9. The molecule has 0 saturated heterocycles. The molecule has 1 aromatic carbocycles. The fraction of sp³-hybridized carbons (Fsp3) is 0.267. The summed E-state index contributed by atoms with van der Waals surface area (Å²) in [5.41, 5.74) is -0.594. The molecule has 1 aromatic heterocycles. The topological polar surface area (TPSA) is 84.4 Å². The summed E-state index contributed by atoms with van der Waals surface area (Å²) in [6.07, 6.45) is 1.25. The number of ether oxygens (including phenoxy) is 1. The molecule has 122 valence electrons. The lowest BCUT2D eigenvalue weighted by molar-refractivity contribution is -0.131. The van der Waals surface area contributed by atoms with Crippen molar-refractivity contribution in [1.82, 2.24) is 14.5 Å². The number of halogens is 1. The van der Waals surface area contributed by atoms with Crippen LogP contribution in [0.5, 0.6) is 5.75 Å². The van der Waals surface area contributed by atoms with E-state index in [9.17, 15) is 18.8 Å². The Hall–Kier alpha value is -2.90. The van der Waals surface area contributed by atoms with E-state index < -0.39 is 17.1 Å². The minimum absolute atomic E-state index is 0.127. The van der Waals surface area contributed by atoms with E-state index in [2.05, 4.69) is 4.98 Å². The fourth-order valence-corrected chi connectivity index (χ4v) is 2.01. The molecule has 8 heteroatoms. The highest BCUT2D eigenvalue weighted by Crippen LogP contribution is 2.18. The van der Waals surface area contributed by atoms with Crippen molar-refractivity contribution < 1.29 is 13.9 Å². The molecule has 0 aliphatic heterocycles. The summed E-state index contributed by atoms with van der Waals surface area (Å²) in [4.78, 5) is 38.1. The Morgan fingerprint density at radius 3 is 2.70 bits per heavy atom. The number of hydrogen-bond donors (Lipinski definition) is 1. The predicted octanol–water partition coefficient (Wildman–Crippen LogP) is 0.343. The average Bonchev–Trinajstić information content (AvgIpc) is 2.50. The standard InChI is InChI=1S/C15H16FN3O4/c1-18(8-10-3-4-12(23-2)11(16)7-10)14(21)9-19-6-5-13(20)17-15(19)22/h3-7H,8-9H2,1-2H3,(H,17,20,22). The van der Waals surface area contributed by atoms with Crippen molar-refractivity contribution in [2.24, 2.45) is 0 Å². The number of nitrogens with one attached hydrogen (secondary N) is 1. The van der Waals surface area contributed by atoms with Gasteiger partial charge in [0.1, 0.15) is 6.54 Å². The van der Waals surface area contributed by atoms with Crippen LogP contribution in [-0.4, -0.2) is 34.5 Å². The molecule has 0 aliphatic carbocycles. The van der Waals surface area contributed by atoms with E-state index in [0.717, 1.165) is 10.6 Å². The molecule has 0 radical (unpaired) electrons. The van der Waals surface area contributed by atoms with Gasteiger partial charge in [-0.1, -0.05) is 6.07 Å². The van der Waals surface area contributed by atoms with Crippen LogP contribution in [0.1, 0.15) is 5.56 Å². The van der Waals surface area contributed by atoms with Crippen LogP contribution in [0.15, 0.2) is 40.1 Å². The molecule has 0 aliphatic rings. The van der Waals surface area contributed by atoms with Gasteiger partial charge in [-0.15, -0.1) is 0 Å². The predicted molar refractivity (Wildman–Crippen MR) is 80.7 cm³/mol. The second-order valence-corrected chi connectivity index (χ2v) is 4.96. The number of nitrogens with zero attached hydrogens (tertiary/aromatic N) is 2. The zero-order valence-corrected chi connectivity index (χ0v) is 12.7. The smallest absolute Gasteiger partial charge is 0.328 e. The molecular weight excluding hydrogens is 305 g/mol. The highest BCUT2D eigenvalue weighted by atomic mass is 19.1. The summed E-state index contributed by atoms with van der Waals surface area (Å²) >= 11 is 0. The second-order valence-electron chi connectivity index (χ2n) is 4.96. The number of aromatic amines is 1. The number of H-pyrrole nitrogens is 1. The van der Waals surface area contributed by atoms with Gasteiger partial charge in [0, 0.05) is 25.9 Å². The number of methoxy groups -OCH3 is 1. The minimum atomic E-state index is -0.658. The van der Waals surface area contributed by atoms with Gasteiger partial charge >= 0.3 is 5.69 Å². The van der Waals surface area contributed by atoms with Crippen LogP contribution >= 0.6 is 0 Å². The molecule has 1 N–H and O–H groups in total. The van der Waals surface area contributed by atoms with E-state index in [1.807, 2.05) is 0 Å². The molecule has 2 rings (SSSR count). The molecule has 0 spiro atoms. The Kier molecular flexibility index (Phi) is 4.95. The zero-order valence-electron chi connectivity index (χ0n) is 12.7. The van der Waals surface area contributed by atoms with Gasteiger partial charge in [0.05, 0.1) is 7.11 Å². The van der Waals surface area contributed by atoms with Crippen LogP contribution in [0.3, 0.4) is 0 Å². The number of hydrogen-bond acceptors (Lipinski definition) is 4. The second kappa shape index (κ2) is 6.91. The maximum Gasteiger partial charge on any atom is 0.328 e. The summed E-state index contributed by atoms with van der Waals surface area (Å²) in [6, 6.07) is 5.58. The molecule has 0 fully saturated rings. The Bertz CT molecular complexity index is 828. The van der Waals surface area contributed by atoms with Crippen LogP contribution in [0.4, 0.5) is 4.39 Å². The van der Waals surface area contributed by atoms with E-state index in [1.165, 1.54) is 30.3 Å². The fourth-order valence-electron chi connectivity index (χ4n) is 2.01. The van der Waals surface area contributed by atoms with Crippen molar-refractivity contribution in [2.75, 3.05) is 14.2 Å². The highest BCUT2D eigenvalue weighted by Gasteiger charge is 2.12. The molecule has 0 saturated carbocycles. The quantitative estimate of drug-likeness (QED) is 0.861. The van der Waals surface area contributed by atoms with Crippen LogP contribution in [0.25, 0.3) is 0 Å². The lowest BCUT2D eigenvalue weighted by Crippen LogP contribution is -2.36. The molecule has 1 amide bonds. The van der Waals surface area contributed by atoms with Crippen molar-refractivity contribution in [3.05, 3.63) is 62.7 Å². The van der Waals surface area contributed by atoms with Crippen LogP contribution in [0.2, 0.25) is 0 Å². The van der Waals surface area contributed by atoms with Gasteiger partial charge in [-0.05, 0) is 17.7 Å². The molecule has 0 atom stereocenters. The van der Waals surface area contributed by atoms with Crippen molar-refractivity contribution in [3.63, 3.8) is 0 Å². The summed E-state index contributed by atoms with van der Waals surface area (Å²) in [5.74, 6) is -0.736. The number of aromatic nitrogens is 2. The lowest BCUT2D eigenvalue weighted by Gasteiger charge is -2.18. The minimum Gasteiger partial charge on any atom is -0.494 e. The maximum atomic E-state index is 13.6. The normalized spacial score (nSPS) is 10.4. The van der Waals surface area contributed by atoms with Gasteiger partial charge in [0.25, 0.3) is 5.56 Å². The van der Waals surface area contributed by atoms with Crippen LogP contribution in [0, 0.1) is 5.82 Å². The first-order valence-corrected chi connectivity index (χ1v) is 6.77. The number of rotatable bonds is 5. The number of carbonyl (C=O) groups excluding carboxylic acids is 1. The summed E-state index contributed by atoms with van der Waals surface area (Å²) in [7, 11) is 2.91. The van der Waals surface area contributed by atoms with Crippen molar-refractivity contribution in [1.29, 1.82) is 0 Å². The number of amides is 1. The molecule has 2 aromatic rings. The number of likely N-dealkylation sites (N-methyl/N-ethyl adjacent to an activating group) is 1. The first-order valence-electron chi connectivity index (χ1n) is 6.77. The highest BCUT2D eigenvalue weighted by molar-refractivity contribution is 5.75. The summed E-state index contributed by atoms with van der Waals surface area (Å²) in [5, 5.41) is 0. The Balaban J connectivity index is 2.06. The third-order valence-corrected chi connectivity index (χ3v) is 3.26. The Morgan fingerprint density at radius 1 is 1.35 bits per heavy atom. The molecule has 7 nitrogen and oxygen atoms in total. The first kappa shape index (κ1) is 16.5. The third-order valence-electron chi connectivity index (χ3n) is 3.26. The lowest BCUT2D eigenvalue weighted by atomic mass is 10.2. The van der Waals surface area contributed by atoms with Gasteiger partial charge < -0.3 is 9.64 Å². The average molecular weight is 321 g/mol. The van der Waals surface area contributed by atoms with Crippen LogP contribution in [-0.2, 0) is 17.9 Å². The molecular formula is C15H16FN3O4. The summed E-state index contributed by atoms with van der Waals surface area (Å²) in [6.45, 7) is -0.0391. The van der Waals surface area contributed by atoms with E-state index in [-0.39, 0.29) is 24.7 Å². The van der Waals surface area contributed by atoms with Crippen LogP contribution < -0.4 is 16.0 Å². The van der Waals surface area contributed by atoms with Gasteiger partial charge in [-0.2, -0.15) is 0 Å². The largest absolute Gasteiger partial charge is 0.494 e. The number of benzene rings is 1. The Labute approximate surface area is 130 Å². The monoisotopic (exact) mass is 321 g/mol. The Morgan fingerprint density at radius 2 is 2.09 bits per heavy atom. The van der Waals surface area contributed by atoms with Gasteiger partial charge in [-0.25, -0.2) is 9.18 Å². The van der Waals surface area contributed by atoms with E-state index in [1.54, 1.807) is 13.1 Å². The summed E-state index contributed by atoms with van der Waals surface area (Å²) < 4.78 is 19.6. The molecule has 0 bridgehead atoms. The van der Waals surface area contributed by atoms with E-state index in [0.29, 0.717) is 5.56 Å².